The van der Waals surface area contributed by atoms with Gasteiger partial charge in [0.2, 0.25) is 0 Å². The van der Waals surface area contributed by atoms with Gasteiger partial charge in [0.15, 0.2) is 0 Å². The Morgan fingerprint density at radius 1 is 1.13 bits per heavy atom. The van der Waals surface area contributed by atoms with E-state index in [1.54, 1.807) is 0 Å². The molecule has 0 saturated heterocycles. The first kappa shape index (κ1) is 12.0. The minimum atomic E-state index is -1.56. The van der Waals surface area contributed by atoms with Gasteiger partial charge in [-0.1, -0.05) is 0 Å². The molecular weight excluding hydrogens is 263 g/mol. The number of hydrogen-bond acceptors (Lipinski definition) is 4. The molecule has 0 unspecified atom stereocenters. The van der Waals surface area contributed by atoms with E-state index in [0.29, 0.717) is 15.4 Å². The summed E-state index contributed by atoms with van der Waals surface area (Å²) in [5, 5.41) is 0. The van der Waals surface area contributed by atoms with Crippen LogP contribution in [0.3, 0.4) is 0 Å². The maximum absolute atomic E-state index is 11.4. The Balaban J connectivity index is 2.87. The van der Waals surface area contributed by atoms with Gasteiger partial charge in [0.05, 0.1) is 0 Å². The molecule has 0 N–H and O–H groups in total. The van der Waals surface area contributed by atoms with Crippen LogP contribution in [0.2, 0.25) is 5.82 Å². The zero-order valence-corrected chi connectivity index (χ0v) is 10.6. The summed E-state index contributed by atoms with van der Waals surface area (Å²) in [6.07, 6.45) is 4.23. The molecule has 0 radical (unpaired) electrons. The fourth-order valence-corrected chi connectivity index (χ4v) is 4.61. The molecule has 0 aromatic rings. The second-order valence-corrected chi connectivity index (χ2v) is 6.85. The molecule has 0 aromatic carbocycles. The molecule has 0 spiro atoms. The summed E-state index contributed by atoms with van der Waals surface area (Å²) in [4.78, 5) is 22.8. The van der Waals surface area contributed by atoms with Gasteiger partial charge in [-0.25, -0.2) is 0 Å². The Hall–Kier alpha value is -1.06. The molecule has 4 nitrogen and oxygen atoms in total. The normalized spacial score (nSPS) is 16.5. The molecule has 1 aliphatic rings. The molecule has 82 valence electrons. The van der Waals surface area contributed by atoms with Crippen LogP contribution in [-0.4, -0.2) is 40.1 Å². The van der Waals surface area contributed by atoms with Crippen LogP contribution >= 0.6 is 0 Å². The van der Waals surface area contributed by atoms with Gasteiger partial charge in [-0.05, 0) is 0 Å². The number of allylic oxidation sites excluding steroid dienone is 2. The van der Waals surface area contributed by atoms with Gasteiger partial charge in [0.25, 0.3) is 0 Å². The number of carbonyl (C=O) groups is 2. The zero-order chi connectivity index (χ0) is 11.4. The first-order valence-corrected chi connectivity index (χ1v) is 7.77. The first-order valence-electron chi connectivity index (χ1n) is 4.34. The van der Waals surface area contributed by atoms with Crippen molar-refractivity contribution in [3.63, 3.8) is 0 Å². The Labute approximate surface area is 92.8 Å². The zero-order valence-electron chi connectivity index (χ0n) is 8.90. The molecule has 5 heteroatoms. The van der Waals surface area contributed by atoms with E-state index in [9.17, 15) is 9.59 Å². The van der Waals surface area contributed by atoms with E-state index in [4.69, 9.17) is 0 Å². The summed E-state index contributed by atoms with van der Waals surface area (Å²) < 4.78 is 10.6. The summed E-state index contributed by atoms with van der Waals surface area (Å²) in [5.41, 5.74) is 0. The monoisotopic (exact) mass is 277 g/mol. The summed E-state index contributed by atoms with van der Waals surface area (Å²) in [6.45, 7) is 0. The van der Waals surface area contributed by atoms with Crippen LogP contribution in [0.25, 0.3) is 0 Å². The molecule has 0 bridgehead atoms. The average Bonchev–Trinajstić information content (AvgIpc) is 2.27. The van der Waals surface area contributed by atoms with Crippen molar-refractivity contribution in [1.29, 1.82) is 0 Å². The van der Waals surface area contributed by atoms with Crippen LogP contribution in [0.15, 0.2) is 21.1 Å². The number of methoxy groups -OCH3 is 2. The molecule has 1 heterocycles. The molecular formula is C10H13O4Se+. The number of ether oxygens (including phenoxy) is 2. The van der Waals surface area contributed by atoms with Gasteiger partial charge in [0, 0.05) is 0 Å². The Kier molecular flexibility index (Phi) is 4.12. The molecule has 0 aliphatic carbocycles. The quantitative estimate of drug-likeness (QED) is 0.553. The maximum atomic E-state index is 11.4. The van der Waals surface area contributed by atoms with Crippen LogP contribution in [0.4, 0.5) is 0 Å². The van der Waals surface area contributed by atoms with Crippen molar-refractivity contribution in [2.45, 2.75) is 12.2 Å². The van der Waals surface area contributed by atoms with Crippen LogP contribution in [0, 0.1) is 0 Å². The molecule has 0 saturated carbocycles. The van der Waals surface area contributed by atoms with Gasteiger partial charge in [-0.3, -0.25) is 0 Å². The van der Waals surface area contributed by atoms with Crippen molar-refractivity contribution < 1.29 is 19.1 Å². The number of esters is 2. The summed E-state index contributed by atoms with van der Waals surface area (Å²) >= 11 is -1.56. The third-order valence-electron chi connectivity index (χ3n) is 2.04. The summed E-state index contributed by atoms with van der Waals surface area (Å²) in [6, 6.07) is 0. The predicted octanol–water partition coefficient (Wildman–Crippen LogP) is 0.792. The standard InChI is InChI=1S/C10H13O4Se/c1-13-9(11)7-5-4-6-8(15(7)3)10(12)14-2/h5-6H,4H2,1-3H3/q+1. The first-order chi connectivity index (χ1) is 7.11. The number of rotatable bonds is 2. The molecule has 0 amide bonds. The van der Waals surface area contributed by atoms with E-state index in [-0.39, 0.29) is 11.9 Å². The van der Waals surface area contributed by atoms with E-state index in [0.717, 1.165) is 0 Å². The van der Waals surface area contributed by atoms with E-state index >= 15 is 0 Å². The number of hydrogen-bond donors (Lipinski definition) is 0. The van der Waals surface area contributed by atoms with Crippen molar-refractivity contribution >= 4 is 25.8 Å². The Morgan fingerprint density at radius 3 is 1.87 bits per heavy atom. The third-order valence-corrected chi connectivity index (χ3v) is 6.21. The number of carbonyl (C=O) groups excluding carboxylic acids is 2. The topological polar surface area (TPSA) is 52.6 Å². The van der Waals surface area contributed by atoms with E-state index in [1.807, 2.05) is 18.0 Å². The van der Waals surface area contributed by atoms with Crippen molar-refractivity contribution in [2.24, 2.45) is 0 Å². The van der Waals surface area contributed by atoms with Gasteiger partial charge < -0.3 is 0 Å². The second-order valence-electron chi connectivity index (χ2n) is 2.87. The fraction of sp³-hybridized carbons (Fsp3) is 0.400. The van der Waals surface area contributed by atoms with Crippen molar-refractivity contribution in [3.05, 3.63) is 21.1 Å². The van der Waals surface area contributed by atoms with E-state index < -0.39 is 13.9 Å². The second kappa shape index (κ2) is 5.14. The van der Waals surface area contributed by atoms with Crippen LogP contribution in [-0.2, 0) is 19.1 Å². The van der Waals surface area contributed by atoms with Gasteiger partial charge in [-0.2, -0.15) is 0 Å². The Morgan fingerprint density at radius 2 is 1.53 bits per heavy atom. The summed E-state index contributed by atoms with van der Waals surface area (Å²) in [7, 11) is 2.69. The molecule has 1 rings (SSSR count). The molecule has 0 aromatic heterocycles. The molecule has 15 heavy (non-hydrogen) atoms. The molecule has 1 aliphatic heterocycles. The minimum absolute atomic E-state index is 0.336. The van der Waals surface area contributed by atoms with Crippen LogP contribution in [0.1, 0.15) is 6.42 Å². The van der Waals surface area contributed by atoms with Gasteiger partial charge in [0.1, 0.15) is 0 Å². The van der Waals surface area contributed by atoms with Gasteiger partial charge >= 0.3 is 92.5 Å². The Bertz CT molecular complexity index is 311. The van der Waals surface area contributed by atoms with E-state index in [2.05, 4.69) is 9.47 Å². The summed E-state index contributed by atoms with van der Waals surface area (Å²) in [5.74, 6) is 1.24. The average molecular weight is 276 g/mol. The SMILES string of the molecule is COC(=O)C1=CCC=C(C(=O)OC)[Se+]1C. The van der Waals surface area contributed by atoms with E-state index in [1.165, 1.54) is 14.2 Å². The fourth-order valence-electron chi connectivity index (χ4n) is 1.26. The van der Waals surface area contributed by atoms with Gasteiger partial charge in [-0.15, -0.1) is 0 Å². The van der Waals surface area contributed by atoms with Crippen LogP contribution in [0.5, 0.6) is 0 Å². The van der Waals surface area contributed by atoms with Crippen molar-refractivity contribution in [1.82, 2.24) is 0 Å². The van der Waals surface area contributed by atoms with Crippen molar-refractivity contribution in [2.75, 3.05) is 14.2 Å². The molecule has 0 fully saturated rings. The predicted molar refractivity (Wildman–Crippen MR) is 56.4 cm³/mol. The molecule has 0 atom stereocenters. The van der Waals surface area contributed by atoms with Crippen molar-refractivity contribution in [3.8, 4) is 0 Å². The van der Waals surface area contributed by atoms with Crippen LogP contribution < -0.4 is 0 Å². The third kappa shape index (κ3) is 2.49.